The summed E-state index contributed by atoms with van der Waals surface area (Å²) in [6, 6.07) is 12.9. The number of fused-ring (bicyclic) bond motifs is 1. The van der Waals surface area contributed by atoms with Gasteiger partial charge in [-0.1, -0.05) is 69.2 Å². The molecule has 1 aliphatic rings. The van der Waals surface area contributed by atoms with Crippen molar-refractivity contribution in [1.82, 2.24) is 20.9 Å². The predicted molar refractivity (Wildman–Crippen MR) is 175 cm³/mol. The average Bonchev–Trinajstić information content (AvgIpc) is 3.40. The number of amides is 3. The summed E-state index contributed by atoms with van der Waals surface area (Å²) >= 11 is 1.60. The molecule has 1 saturated heterocycles. The number of unbranched alkanes of at least 4 members (excludes halogenated alkanes) is 1. The number of carbonyl (C=O) groups is 4. The molecule has 0 spiro atoms. The van der Waals surface area contributed by atoms with E-state index in [4.69, 9.17) is 4.74 Å². The molecule has 43 heavy (non-hydrogen) atoms. The van der Waals surface area contributed by atoms with E-state index in [0.29, 0.717) is 44.6 Å². The number of carbonyl (C=O) groups excluding carboxylic acids is 4. The third kappa shape index (κ3) is 13.4. The van der Waals surface area contributed by atoms with E-state index in [2.05, 4.69) is 35.9 Å². The number of hydrogen-bond donors (Lipinski definition) is 3. The maximum Gasteiger partial charge on any atom is 0.329 e. The molecule has 3 amide bonds. The number of hydrogen-bond acceptors (Lipinski definition) is 7. The first-order valence-electron chi connectivity index (χ1n) is 15.2. The van der Waals surface area contributed by atoms with Crippen LogP contribution in [0.3, 0.4) is 0 Å². The second-order valence-electron chi connectivity index (χ2n) is 11.7. The summed E-state index contributed by atoms with van der Waals surface area (Å²) in [4.78, 5) is 51.9. The van der Waals surface area contributed by atoms with Gasteiger partial charge in [0.1, 0.15) is 17.7 Å². The molecule has 0 aromatic heterocycles. The minimum absolute atomic E-state index is 0.0395. The third-order valence-electron chi connectivity index (χ3n) is 6.82. The van der Waals surface area contributed by atoms with Crippen LogP contribution in [0.5, 0.6) is 0 Å². The summed E-state index contributed by atoms with van der Waals surface area (Å²) in [5.74, 6) is -0.381. The highest BCUT2D eigenvalue weighted by molar-refractivity contribution is 7.98. The van der Waals surface area contributed by atoms with Crippen LogP contribution in [-0.2, 0) is 30.5 Å². The summed E-state index contributed by atoms with van der Waals surface area (Å²) in [6.45, 7) is 11.0. The molecule has 2 atom stereocenters. The van der Waals surface area contributed by atoms with Gasteiger partial charge in [-0.2, -0.15) is 11.8 Å². The van der Waals surface area contributed by atoms with E-state index < -0.39 is 23.7 Å². The van der Waals surface area contributed by atoms with Crippen molar-refractivity contribution in [2.24, 2.45) is 0 Å². The van der Waals surface area contributed by atoms with Crippen LogP contribution in [-0.4, -0.2) is 77.9 Å². The van der Waals surface area contributed by atoms with E-state index in [1.165, 1.54) is 12.8 Å². The zero-order valence-electron chi connectivity index (χ0n) is 26.7. The molecule has 0 bridgehead atoms. The van der Waals surface area contributed by atoms with E-state index in [1.807, 2.05) is 47.6 Å². The molecule has 0 radical (unpaired) electrons. The molecule has 9 nitrogen and oxygen atoms in total. The van der Waals surface area contributed by atoms with Crippen LogP contribution in [0.25, 0.3) is 10.8 Å². The minimum atomic E-state index is -0.741. The van der Waals surface area contributed by atoms with Crippen molar-refractivity contribution < 1.29 is 23.9 Å². The first-order valence-corrected chi connectivity index (χ1v) is 16.6. The zero-order valence-corrected chi connectivity index (χ0v) is 27.5. The average molecular weight is 615 g/mol. The van der Waals surface area contributed by atoms with E-state index in [9.17, 15) is 19.2 Å². The van der Waals surface area contributed by atoms with Crippen molar-refractivity contribution in [3.8, 4) is 0 Å². The van der Waals surface area contributed by atoms with Crippen molar-refractivity contribution in [2.75, 3.05) is 31.6 Å². The Kier molecular flexibility index (Phi) is 15.6. The number of nitrogens with zero attached hydrogens (tertiary/aromatic N) is 1. The van der Waals surface area contributed by atoms with Crippen LogP contribution < -0.4 is 16.0 Å². The maximum atomic E-state index is 13.2. The molecule has 0 saturated carbocycles. The molecular weight excluding hydrogens is 564 g/mol. The Bertz CT molecular complexity index is 1190. The fourth-order valence-electron chi connectivity index (χ4n) is 4.46. The molecule has 1 fully saturated rings. The molecule has 1 heterocycles. The van der Waals surface area contributed by atoms with Crippen molar-refractivity contribution in [1.29, 1.82) is 0 Å². The first-order chi connectivity index (χ1) is 20.5. The van der Waals surface area contributed by atoms with Gasteiger partial charge in [0, 0.05) is 26.1 Å². The van der Waals surface area contributed by atoms with E-state index in [0.717, 1.165) is 16.3 Å². The second-order valence-corrected chi connectivity index (χ2v) is 12.7. The molecule has 3 N–H and O–H groups in total. The zero-order chi connectivity index (χ0) is 31.8. The molecule has 2 aromatic rings. The Morgan fingerprint density at radius 2 is 1.79 bits per heavy atom. The largest absolute Gasteiger partial charge is 0.458 e. The maximum absolute atomic E-state index is 13.2. The van der Waals surface area contributed by atoms with Crippen molar-refractivity contribution in [2.45, 2.75) is 91.0 Å². The number of ether oxygens (including phenoxy) is 1. The van der Waals surface area contributed by atoms with Crippen LogP contribution in [0.15, 0.2) is 42.5 Å². The quantitative estimate of drug-likeness (QED) is 0.270. The van der Waals surface area contributed by atoms with Crippen LogP contribution in [0.4, 0.5) is 0 Å². The van der Waals surface area contributed by atoms with E-state index in [1.54, 1.807) is 32.5 Å². The summed E-state index contributed by atoms with van der Waals surface area (Å²) in [7, 11) is 0. The Morgan fingerprint density at radius 3 is 2.42 bits per heavy atom. The number of nitrogens with one attached hydrogen (secondary N) is 3. The van der Waals surface area contributed by atoms with Gasteiger partial charge in [0.15, 0.2) is 0 Å². The molecule has 238 valence electrons. The molecule has 1 aliphatic heterocycles. The van der Waals surface area contributed by atoms with Crippen molar-refractivity contribution >= 4 is 46.2 Å². The normalized spacial score (nSPS) is 15.3. The monoisotopic (exact) mass is 614 g/mol. The molecule has 0 aliphatic carbocycles. The molecule has 10 heteroatoms. The van der Waals surface area contributed by atoms with Gasteiger partial charge in [-0.3, -0.25) is 19.3 Å². The minimum Gasteiger partial charge on any atom is -0.458 e. The van der Waals surface area contributed by atoms with Gasteiger partial charge in [0.2, 0.25) is 17.7 Å². The fraction of sp³-hybridized carbons (Fsp3) is 0.576. The summed E-state index contributed by atoms with van der Waals surface area (Å²) in [5, 5.41) is 10.6. The summed E-state index contributed by atoms with van der Waals surface area (Å²) < 4.78 is 5.54. The van der Waals surface area contributed by atoms with Crippen LogP contribution in [0, 0.1) is 0 Å². The topological polar surface area (TPSA) is 117 Å². The Hall–Kier alpha value is -3.11. The Balaban J connectivity index is 0.00000151. The van der Waals surface area contributed by atoms with Gasteiger partial charge in [-0.25, -0.2) is 4.79 Å². The van der Waals surface area contributed by atoms with Gasteiger partial charge in [-0.05, 0) is 62.0 Å². The van der Waals surface area contributed by atoms with Crippen molar-refractivity contribution in [3.05, 3.63) is 48.0 Å². The van der Waals surface area contributed by atoms with E-state index in [-0.39, 0.29) is 24.3 Å². The van der Waals surface area contributed by atoms with Gasteiger partial charge in [0.05, 0.1) is 6.54 Å². The standard InChI is InChI=1S/C29H40N4O5S.C4H10/c1-29(2,3)38-28(37)24(14-17-39-4)32-26(35)19-33(16-15-30-27(36)23-12-13-25(34)31-23)18-21-10-7-9-20-8-5-6-11-22(20)21;1-3-4-2/h5-11,23-24H,12-19H2,1-4H3,(H,30,36)(H,31,34)(H,32,35);3-4H2,1-2H3/t23?,24-;/m0./s1. The number of esters is 1. The molecule has 2 aromatic carbocycles. The first kappa shape index (κ1) is 36.1. The smallest absolute Gasteiger partial charge is 0.329 e. The number of benzene rings is 2. The third-order valence-corrected chi connectivity index (χ3v) is 7.46. The number of rotatable bonds is 14. The highest BCUT2D eigenvalue weighted by Gasteiger charge is 2.28. The predicted octanol–water partition coefficient (Wildman–Crippen LogP) is 4.42. The fourth-order valence-corrected chi connectivity index (χ4v) is 4.93. The van der Waals surface area contributed by atoms with Crippen LogP contribution in [0.1, 0.15) is 72.3 Å². The molecule has 3 rings (SSSR count). The number of thioether (sulfide) groups is 1. The molecule has 1 unspecified atom stereocenters. The lowest BCUT2D eigenvalue weighted by atomic mass is 10.0. The SMILES string of the molecule is CCCC.CSCC[C@H](NC(=O)CN(CCNC(=O)C1CCC(=O)N1)Cc1cccc2ccccc12)C(=O)OC(C)(C)C. The lowest BCUT2D eigenvalue weighted by Crippen LogP contribution is -2.49. The van der Waals surface area contributed by atoms with Crippen LogP contribution >= 0.6 is 11.8 Å². The molecular formula is C33H50N4O5S. The van der Waals surface area contributed by atoms with Crippen molar-refractivity contribution in [3.63, 3.8) is 0 Å². The lowest BCUT2D eigenvalue weighted by Gasteiger charge is -2.26. The lowest BCUT2D eigenvalue weighted by molar-refractivity contribution is -0.158. The Morgan fingerprint density at radius 1 is 1.09 bits per heavy atom. The summed E-state index contributed by atoms with van der Waals surface area (Å²) in [5.41, 5.74) is 0.401. The van der Waals surface area contributed by atoms with Gasteiger partial charge in [-0.15, -0.1) is 0 Å². The van der Waals surface area contributed by atoms with Gasteiger partial charge < -0.3 is 20.7 Å². The van der Waals surface area contributed by atoms with E-state index >= 15 is 0 Å². The van der Waals surface area contributed by atoms with Gasteiger partial charge >= 0.3 is 5.97 Å². The van der Waals surface area contributed by atoms with Gasteiger partial charge in [0.25, 0.3) is 0 Å². The highest BCUT2D eigenvalue weighted by atomic mass is 32.2. The second kappa shape index (κ2) is 18.5. The summed E-state index contributed by atoms with van der Waals surface area (Å²) in [6.07, 6.45) is 5.88. The highest BCUT2D eigenvalue weighted by Crippen LogP contribution is 2.20. The van der Waals surface area contributed by atoms with Crippen LogP contribution in [0.2, 0.25) is 0 Å². The Labute approximate surface area is 261 Å².